The van der Waals surface area contributed by atoms with E-state index in [9.17, 15) is 18.0 Å². The van der Waals surface area contributed by atoms with Crippen LogP contribution in [0.25, 0.3) is 10.9 Å². The standard InChI is InChI=1S/C19H21N3O4S/c1-2-18(23)21-7-8-22(17-12-27(25,26)11-16(17)21)19(24)14-9-13-5-3-4-6-15(13)20-10-14/h3-6,9-10,16-17H,2,7-8,11-12H2,1H3/t16-,17+/m0/s1. The Bertz CT molecular complexity index is 1020. The van der Waals surface area contributed by atoms with Crippen molar-refractivity contribution in [3.05, 3.63) is 42.1 Å². The predicted molar refractivity (Wildman–Crippen MR) is 101 cm³/mol. The van der Waals surface area contributed by atoms with Gasteiger partial charge >= 0.3 is 0 Å². The quantitative estimate of drug-likeness (QED) is 0.770. The van der Waals surface area contributed by atoms with Gasteiger partial charge in [0.05, 0.1) is 34.7 Å². The van der Waals surface area contributed by atoms with E-state index in [1.807, 2.05) is 24.3 Å². The van der Waals surface area contributed by atoms with E-state index < -0.39 is 21.9 Å². The molecule has 2 aromatic rings. The molecule has 0 radical (unpaired) electrons. The van der Waals surface area contributed by atoms with Crippen LogP contribution >= 0.6 is 0 Å². The number of carbonyl (C=O) groups is 2. The summed E-state index contributed by atoms with van der Waals surface area (Å²) >= 11 is 0. The van der Waals surface area contributed by atoms with Gasteiger partial charge < -0.3 is 9.80 Å². The van der Waals surface area contributed by atoms with Crippen LogP contribution < -0.4 is 0 Å². The predicted octanol–water partition coefficient (Wildman–Crippen LogP) is 1.09. The molecule has 2 fully saturated rings. The Hall–Kier alpha value is -2.48. The Kier molecular flexibility index (Phi) is 4.38. The zero-order valence-corrected chi connectivity index (χ0v) is 15.9. The van der Waals surface area contributed by atoms with Gasteiger partial charge in [-0.25, -0.2) is 8.42 Å². The molecule has 2 amide bonds. The minimum Gasteiger partial charge on any atom is -0.335 e. The number of hydrogen-bond acceptors (Lipinski definition) is 5. The molecular formula is C19H21N3O4S. The lowest BCUT2D eigenvalue weighted by molar-refractivity contribution is -0.135. The van der Waals surface area contributed by atoms with Crippen LogP contribution in [0.5, 0.6) is 0 Å². The first-order valence-electron chi connectivity index (χ1n) is 9.05. The fourth-order valence-corrected chi connectivity index (χ4v) is 6.05. The summed E-state index contributed by atoms with van der Waals surface area (Å²) in [7, 11) is -3.29. The number of aromatic nitrogens is 1. The normalized spacial score (nSPS) is 24.0. The lowest BCUT2D eigenvalue weighted by Gasteiger charge is -2.43. The molecule has 0 unspecified atom stereocenters. The van der Waals surface area contributed by atoms with Crippen LogP contribution in [0.4, 0.5) is 0 Å². The molecule has 8 heteroatoms. The van der Waals surface area contributed by atoms with Gasteiger partial charge in [0.1, 0.15) is 0 Å². The fourth-order valence-electron chi connectivity index (χ4n) is 4.07. The van der Waals surface area contributed by atoms with Crippen LogP contribution in [0, 0.1) is 0 Å². The highest BCUT2D eigenvalue weighted by Crippen LogP contribution is 2.29. The topological polar surface area (TPSA) is 87.7 Å². The van der Waals surface area contributed by atoms with Gasteiger partial charge in [-0.15, -0.1) is 0 Å². The Morgan fingerprint density at radius 1 is 1.11 bits per heavy atom. The fraction of sp³-hybridized carbons (Fsp3) is 0.421. The van der Waals surface area contributed by atoms with E-state index in [1.165, 1.54) is 6.20 Å². The number of benzene rings is 1. The van der Waals surface area contributed by atoms with Gasteiger partial charge in [-0.3, -0.25) is 14.6 Å². The number of pyridine rings is 1. The van der Waals surface area contributed by atoms with E-state index >= 15 is 0 Å². The summed E-state index contributed by atoms with van der Waals surface area (Å²) in [4.78, 5) is 32.9. The Morgan fingerprint density at radius 3 is 2.52 bits per heavy atom. The van der Waals surface area contributed by atoms with Crippen LogP contribution in [-0.4, -0.2) is 71.7 Å². The molecule has 1 aromatic carbocycles. The van der Waals surface area contributed by atoms with Crippen molar-refractivity contribution in [2.45, 2.75) is 25.4 Å². The third-order valence-electron chi connectivity index (χ3n) is 5.40. The highest BCUT2D eigenvalue weighted by atomic mass is 32.2. The molecule has 142 valence electrons. The SMILES string of the molecule is CCC(=O)N1CCN(C(=O)c2cnc3ccccc3c2)[C@@H]2CS(=O)(=O)C[C@@H]21. The number of fused-ring (bicyclic) bond motifs is 2. The molecule has 0 N–H and O–H groups in total. The third kappa shape index (κ3) is 3.18. The van der Waals surface area contributed by atoms with Crippen LogP contribution in [0.1, 0.15) is 23.7 Å². The molecule has 1 aromatic heterocycles. The average molecular weight is 387 g/mol. The van der Waals surface area contributed by atoms with Gasteiger partial charge in [0.2, 0.25) is 5.91 Å². The number of hydrogen-bond donors (Lipinski definition) is 0. The summed E-state index contributed by atoms with van der Waals surface area (Å²) in [6.07, 6.45) is 1.86. The molecule has 2 saturated heterocycles. The number of amides is 2. The second kappa shape index (κ2) is 6.60. The van der Waals surface area contributed by atoms with Crippen molar-refractivity contribution in [1.82, 2.24) is 14.8 Å². The van der Waals surface area contributed by atoms with Crippen LogP contribution in [-0.2, 0) is 14.6 Å². The summed E-state index contributed by atoms with van der Waals surface area (Å²) in [5.41, 5.74) is 1.24. The summed E-state index contributed by atoms with van der Waals surface area (Å²) in [6.45, 7) is 2.45. The second-order valence-corrected chi connectivity index (χ2v) is 9.22. The summed E-state index contributed by atoms with van der Waals surface area (Å²) in [5.74, 6) is -0.480. The van der Waals surface area contributed by atoms with E-state index in [1.54, 1.807) is 22.8 Å². The Balaban J connectivity index is 1.66. The molecule has 0 spiro atoms. The van der Waals surface area contributed by atoms with Crippen molar-refractivity contribution in [1.29, 1.82) is 0 Å². The van der Waals surface area contributed by atoms with E-state index in [0.717, 1.165) is 10.9 Å². The second-order valence-electron chi connectivity index (χ2n) is 7.07. The van der Waals surface area contributed by atoms with Gasteiger partial charge in [0.25, 0.3) is 5.91 Å². The summed E-state index contributed by atoms with van der Waals surface area (Å²) in [5, 5.41) is 0.860. The van der Waals surface area contributed by atoms with Crippen LogP contribution in [0.3, 0.4) is 0 Å². The molecule has 2 aliphatic heterocycles. The molecular weight excluding hydrogens is 366 g/mol. The lowest BCUT2D eigenvalue weighted by Crippen LogP contribution is -2.61. The minimum atomic E-state index is -3.29. The molecule has 2 aliphatic rings. The van der Waals surface area contributed by atoms with E-state index in [-0.39, 0.29) is 23.3 Å². The molecule has 0 aliphatic carbocycles. The maximum Gasteiger partial charge on any atom is 0.255 e. The number of para-hydroxylation sites is 1. The number of piperazine rings is 1. The Morgan fingerprint density at radius 2 is 1.78 bits per heavy atom. The van der Waals surface area contributed by atoms with Crippen LogP contribution in [0.15, 0.2) is 36.5 Å². The number of nitrogens with zero attached hydrogens (tertiary/aromatic N) is 3. The number of rotatable bonds is 2. The first-order chi connectivity index (χ1) is 12.9. The number of sulfone groups is 1. The van der Waals surface area contributed by atoms with Crippen LogP contribution in [0.2, 0.25) is 0 Å². The average Bonchev–Trinajstić information content (AvgIpc) is 3.00. The minimum absolute atomic E-state index is 0.0680. The van der Waals surface area contributed by atoms with E-state index in [0.29, 0.717) is 25.1 Å². The first-order valence-corrected chi connectivity index (χ1v) is 10.9. The zero-order chi connectivity index (χ0) is 19.2. The molecule has 27 heavy (non-hydrogen) atoms. The van der Waals surface area contributed by atoms with Crippen molar-refractivity contribution in [3.63, 3.8) is 0 Å². The van der Waals surface area contributed by atoms with Crippen molar-refractivity contribution in [3.8, 4) is 0 Å². The monoisotopic (exact) mass is 387 g/mol. The smallest absolute Gasteiger partial charge is 0.255 e. The van der Waals surface area contributed by atoms with E-state index in [4.69, 9.17) is 0 Å². The number of carbonyl (C=O) groups excluding carboxylic acids is 2. The highest BCUT2D eigenvalue weighted by molar-refractivity contribution is 7.91. The van der Waals surface area contributed by atoms with Crippen molar-refractivity contribution < 1.29 is 18.0 Å². The third-order valence-corrected chi connectivity index (χ3v) is 7.10. The molecule has 4 rings (SSSR count). The van der Waals surface area contributed by atoms with E-state index in [2.05, 4.69) is 4.98 Å². The van der Waals surface area contributed by atoms with Gasteiger partial charge in [-0.05, 0) is 12.1 Å². The first kappa shape index (κ1) is 17.9. The highest BCUT2D eigenvalue weighted by Gasteiger charge is 2.49. The van der Waals surface area contributed by atoms with Crippen molar-refractivity contribution in [2.24, 2.45) is 0 Å². The van der Waals surface area contributed by atoms with Crippen molar-refractivity contribution in [2.75, 3.05) is 24.6 Å². The maximum absolute atomic E-state index is 13.1. The molecule has 2 atom stereocenters. The van der Waals surface area contributed by atoms with Gasteiger partial charge in [0.15, 0.2) is 9.84 Å². The zero-order valence-electron chi connectivity index (χ0n) is 15.0. The van der Waals surface area contributed by atoms with Gasteiger partial charge in [-0.2, -0.15) is 0 Å². The summed E-state index contributed by atoms with van der Waals surface area (Å²) in [6, 6.07) is 8.35. The summed E-state index contributed by atoms with van der Waals surface area (Å²) < 4.78 is 24.5. The maximum atomic E-state index is 13.1. The lowest BCUT2D eigenvalue weighted by atomic mass is 10.0. The largest absolute Gasteiger partial charge is 0.335 e. The molecule has 0 bridgehead atoms. The van der Waals surface area contributed by atoms with Gasteiger partial charge in [-0.1, -0.05) is 25.1 Å². The van der Waals surface area contributed by atoms with Crippen molar-refractivity contribution >= 4 is 32.6 Å². The Labute approximate surface area is 157 Å². The molecule has 0 saturated carbocycles. The van der Waals surface area contributed by atoms with Gasteiger partial charge in [0, 0.05) is 31.1 Å². The molecule has 7 nitrogen and oxygen atoms in total. The molecule has 3 heterocycles.